The van der Waals surface area contributed by atoms with Crippen molar-refractivity contribution in [3.8, 4) is 5.69 Å². The molecule has 0 radical (unpaired) electrons. The largest absolute Gasteiger partial charge is 0.375 e. The van der Waals surface area contributed by atoms with Crippen LogP contribution in [0.25, 0.3) is 16.7 Å². The van der Waals surface area contributed by atoms with E-state index in [2.05, 4.69) is 20.2 Å². The summed E-state index contributed by atoms with van der Waals surface area (Å²) in [6, 6.07) is 22.9. The van der Waals surface area contributed by atoms with Gasteiger partial charge in [-0.1, -0.05) is 30.3 Å². The van der Waals surface area contributed by atoms with Crippen molar-refractivity contribution in [3.05, 3.63) is 89.7 Å². The zero-order valence-electron chi connectivity index (χ0n) is 18.0. The third-order valence-corrected chi connectivity index (χ3v) is 5.04. The maximum absolute atomic E-state index is 12.7. The van der Waals surface area contributed by atoms with E-state index in [1.807, 2.05) is 61.5 Å². The molecule has 0 atom stereocenters. The molecule has 0 aliphatic carbocycles. The molecule has 0 saturated carbocycles. The molecule has 0 saturated heterocycles. The van der Waals surface area contributed by atoms with Crippen LogP contribution in [0, 0.1) is 6.92 Å². The summed E-state index contributed by atoms with van der Waals surface area (Å²) in [6.45, 7) is 2.27. The number of fused-ring (bicyclic) bond motifs is 1. The van der Waals surface area contributed by atoms with Crippen LogP contribution < -0.4 is 10.6 Å². The number of nitrogens with zero attached hydrogens (tertiary/aromatic N) is 2. The van der Waals surface area contributed by atoms with Gasteiger partial charge in [0.05, 0.1) is 11.0 Å². The Morgan fingerprint density at radius 2 is 1.81 bits per heavy atom. The van der Waals surface area contributed by atoms with Gasteiger partial charge in [0.25, 0.3) is 5.91 Å². The highest BCUT2D eigenvalue weighted by Gasteiger charge is 2.13. The lowest BCUT2D eigenvalue weighted by Gasteiger charge is -2.09. The first-order valence-electron chi connectivity index (χ1n) is 10.3. The molecule has 0 aliphatic heterocycles. The van der Waals surface area contributed by atoms with Gasteiger partial charge in [0.15, 0.2) is 0 Å². The number of hydrogen-bond acceptors (Lipinski definition) is 4. The Bertz CT molecular complexity index is 1260. The van der Waals surface area contributed by atoms with Crippen LogP contribution in [0.5, 0.6) is 0 Å². The number of para-hydroxylation sites is 1. The van der Waals surface area contributed by atoms with E-state index in [-0.39, 0.29) is 18.4 Å². The van der Waals surface area contributed by atoms with Gasteiger partial charge in [-0.2, -0.15) is 0 Å². The Labute approximate surface area is 186 Å². The van der Waals surface area contributed by atoms with Crippen LogP contribution in [-0.2, 0) is 16.1 Å². The lowest BCUT2D eigenvalue weighted by Crippen LogP contribution is -2.23. The number of benzene rings is 3. The molecular weight excluding hydrogens is 404 g/mol. The first kappa shape index (κ1) is 21.3. The van der Waals surface area contributed by atoms with Gasteiger partial charge in [0.1, 0.15) is 12.4 Å². The summed E-state index contributed by atoms with van der Waals surface area (Å²) < 4.78 is 6.89. The number of hydrogen-bond donors (Lipinski definition) is 2. The van der Waals surface area contributed by atoms with Crippen LogP contribution in [0.3, 0.4) is 0 Å². The zero-order chi connectivity index (χ0) is 22.5. The molecule has 7 nitrogen and oxygen atoms in total. The monoisotopic (exact) mass is 428 g/mol. The van der Waals surface area contributed by atoms with Crippen molar-refractivity contribution in [2.75, 3.05) is 19.0 Å². The van der Waals surface area contributed by atoms with Crippen LogP contribution in [0.2, 0.25) is 0 Å². The van der Waals surface area contributed by atoms with E-state index in [1.165, 1.54) is 7.11 Å². The molecule has 7 heteroatoms. The number of methoxy groups -OCH3 is 1. The molecule has 2 N–H and O–H groups in total. The van der Waals surface area contributed by atoms with E-state index in [9.17, 15) is 9.59 Å². The van der Waals surface area contributed by atoms with E-state index in [0.29, 0.717) is 17.8 Å². The Morgan fingerprint density at radius 3 is 2.59 bits per heavy atom. The van der Waals surface area contributed by atoms with Crippen molar-refractivity contribution in [2.45, 2.75) is 13.5 Å². The molecule has 162 valence electrons. The number of ether oxygens (including phenoxy) is 1. The smallest absolute Gasteiger partial charge is 0.251 e. The normalized spacial score (nSPS) is 10.8. The quantitative estimate of drug-likeness (QED) is 0.468. The summed E-state index contributed by atoms with van der Waals surface area (Å²) in [6.07, 6.45) is 0. The highest BCUT2D eigenvalue weighted by atomic mass is 16.5. The zero-order valence-corrected chi connectivity index (χ0v) is 18.0. The van der Waals surface area contributed by atoms with Crippen LogP contribution in [0.1, 0.15) is 21.7 Å². The van der Waals surface area contributed by atoms with Gasteiger partial charge in [0.2, 0.25) is 5.91 Å². The summed E-state index contributed by atoms with van der Waals surface area (Å²) in [4.78, 5) is 29.1. The molecule has 1 heterocycles. The molecule has 4 rings (SSSR count). The number of carbonyl (C=O) groups excluding carboxylic acids is 2. The first-order chi connectivity index (χ1) is 15.5. The number of amides is 2. The van der Waals surface area contributed by atoms with E-state index < -0.39 is 0 Å². The van der Waals surface area contributed by atoms with Crippen LogP contribution in [0.4, 0.5) is 5.69 Å². The molecular formula is C25H24N4O3. The molecule has 2 amide bonds. The lowest BCUT2D eigenvalue weighted by atomic mass is 10.1. The summed E-state index contributed by atoms with van der Waals surface area (Å²) in [5, 5.41) is 5.68. The minimum atomic E-state index is -0.229. The maximum atomic E-state index is 12.7. The lowest BCUT2D eigenvalue weighted by molar-refractivity contribution is -0.119. The van der Waals surface area contributed by atoms with E-state index in [4.69, 9.17) is 4.74 Å². The Balaban J connectivity index is 1.47. The van der Waals surface area contributed by atoms with Gasteiger partial charge in [-0.25, -0.2) is 4.98 Å². The summed E-state index contributed by atoms with van der Waals surface area (Å²) in [5.74, 6) is 0.441. The predicted molar refractivity (Wildman–Crippen MR) is 124 cm³/mol. The number of rotatable bonds is 7. The SMILES string of the molecule is COCC(=O)Nc1cccc(CNC(=O)c2ccc3c(c2)nc(C)n3-c2ccccc2)c1. The second-order valence-corrected chi connectivity index (χ2v) is 7.40. The fraction of sp³-hybridized carbons (Fsp3) is 0.160. The fourth-order valence-electron chi connectivity index (χ4n) is 3.62. The number of nitrogens with one attached hydrogen (secondary N) is 2. The minimum Gasteiger partial charge on any atom is -0.375 e. The Kier molecular flexibility index (Phi) is 6.28. The van der Waals surface area contributed by atoms with Crippen LogP contribution in [0.15, 0.2) is 72.8 Å². The number of carbonyl (C=O) groups is 2. The minimum absolute atomic E-state index is 0.0110. The topological polar surface area (TPSA) is 85.2 Å². The molecule has 0 unspecified atom stereocenters. The van der Waals surface area contributed by atoms with Gasteiger partial charge < -0.3 is 15.4 Å². The highest BCUT2D eigenvalue weighted by molar-refractivity contribution is 5.97. The van der Waals surface area contributed by atoms with Crippen LogP contribution >= 0.6 is 0 Å². The van der Waals surface area contributed by atoms with E-state index in [0.717, 1.165) is 28.1 Å². The fourth-order valence-corrected chi connectivity index (χ4v) is 3.62. The first-order valence-corrected chi connectivity index (χ1v) is 10.3. The van der Waals surface area contributed by atoms with Gasteiger partial charge >= 0.3 is 0 Å². The van der Waals surface area contributed by atoms with Crippen molar-refractivity contribution < 1.29 is 14.3 Å². The van der Waals surface area contributed by atoms with Gasteiger partial charge in [-0.15, -0.1) is 0 Å². The number of aromatic nitrogens is 2. The number of imidazole rings is 1. The summed E-state index contributed by atoms with van der Waals surface area (Å²) in [5.41, 5.74) is 4.81. The molecule has 3 aromatic carbocycles. The molecule has 4 aromatic rings. The second kappa shape index (κ2) is 9.45. The second-order valence-electron chi connectivity index (χ2n) is 7.40. The van der Waals surface area contributed by atoms with Crippen molar-refractivity contribution in [2.24, 2.45) is 0 Å². The number of aryl methyl sites for hydroxylation is 1. The average Bonchev–Trinajstić information content (AvgIpc) is 3.13. The summed E-state index contributed by atoms with van der Waals surface area (Å²) in [7, 11) is 1.47. The van der Waals surface area contributed by atoms with Crippen LogP contribution in [-0.4, -0.2) is 35.1 Å². The summed E-state index contributed by atoms with van der Waals surface area (Å²) >= 11 is 0. The van der Waals surface area contributed by atoms with E-state index in [1.54, 1.807) is 18.2 Å². The molecule has 0 bridgehead atoms. The van der Waals surface area contributed by atoms with Gasteiger partial charge in [-0.3, -0.25) is 14.2 Å². The van der Waals surface area contributed by atoms with Crippen molar-refractivity contribution in [1.82, 2.24) is 14.9 Å². The third kappa shape index (κ3) is 4.68. The third-order valence-electron chi connectivity index (χ3n) is 5.04. The number of anilines is 1. The molecule has 0 fully saturated rings. The predicted octanol–water partition coefficient (Wildman–Crippen LogP) is 3.85. The highest BCUT2D eigenvalue weighted by Crippen LogP contribution is 2.22. The maximum Gasteiger partial charge on any atom is 0.251 e. The Hall–Kier alpha value is -3.97. The van der Waals surface area contributed by atoms with Crippen molar-refractivity contribution >= 4 is 28.5 Å². The molecule has 32 heavy (non-hydrogen) atoms. The van der Waals surface area contributed by atoms with Crippen molar-refractivity contribution in [1.29, 1.82) is 0 Å². The average molecular weight is 428 g/mol. The standard InChI is InChI=1S/C25H24N4O3/c1-17-27-22-14-19(11-12-23(22)29(17)21-9-4-3-5-10-21)25(31)26-15-18-7-6-8-20(13-18)28-24(30)16-32-2/h3-14H,15-16H2,1-2H3,(H,26,31)(H,28,30). The Morgan fingerprint density at radius 1 is 1.00 bits per heavy atom. The molecule has 0 spiro atoms. The van der Waals surface area contributed by atoms with Gasteiger partial charge in [-0.05, 0) is 55.0 Å². The van der Waals surface area contributed by atoms with E-state index >= 15 is 0 Å². The molecule has 0 aliphatic rings. The van der Waals surface area contributed by atoms with Gasteiger partial charge in [0, 0.05) is 30.6 Å². The molecule has 1 aromatic heterocycles. The van der Waals surface area contributed by atoms with Crippen molar-refractivity contribution in [3.63, 3.8) is 0 Å².